The third-order valence-electron chi connectivity index (χ3n) is 5.09. The lowest BCUT2D eigenvalue weighted by Gasteiger charge is -2.25. The van der Waals surface area contributed by atoms with E-state index in [2.05, 4.69) is 5.32 Å². The van der Waals surface area contributed by atoms with Gasteiger partial charge in [-0.15, -0.1) is 0 Å². The van der Waals surface area contributed by atoms with Crippen molar-refractivity contribution in [3.8, 4) is 0 Å². The Kier molecular flexibility index (Phi) is 7.24. The smallest absolute Gasteiger partial charge is 0.264 e. The van der Waals surface area contributed by atoms with Crippen molar-refractivity contribution in [2.24, 2.45) is 0 Å². The molecule has 1 amide bonds. The zero-order valence-corrected chi connectivity index (χ0v) is 20.2. The lowest BCUT2D eigenvalue weighted by Crippen LogP contribution is -2.41. The van der Waals surface area contributed by atoms with E-state index in [1.807, 2.05) is 13.0 Å². The fraction of sp³-hybridized carbons (Fsp3) is 0.208. The molecule has 0 aliphatic carbocycles. The van der Waals surface area contributed by atoms with Gasteiger partial charge < -0.3 is 5.32 Å². The highest BCUT2D eigenvalue weighted by Crippen LogP contribution is 2.24. The quantitative estimate of drug-likeness (QED) is 0.525. The predicted octanol–water partition coefficient (Wildman–Crippen LogP) is 3.47. The van der Waals surface area contributed by atoms with Crippen molar-refractivity contribution in [2.75, 3.05) is 17.1 Å². The second-order valence-corrected chi connectivity index (χ2v) is 11.7. The van der Waals surface area contributed by atoms with Gasteiger partial charge in [0.25, 0.3) is 10.0 Å². The van der Waals surface area contributed by atoms with E-state index in [9.17, 15) is 21.6 Å². The lowest BCUT2D eigenvalue weighted by atomic mass is 10.1. The molecule has 0 aromatic heterocycles. The van der Waals surface area contributed by atoms with Gasteiger partial charge in [-0.05, 0) is 61.4 Å². The average molecular weight is 487 g/mol. The van der Waals surface area contributed by atoms with E-state index in [4.69, 9.17) is 0 Å². The van der Waals surface area contributed by atoms with Gasteiger partial charge in [-0.3, -0.25) is 9.10 Å². The van der Waals surface area contributed by atoms with Crippen LogP contribution >= 0.6 is 0 Å². The maximum absolute atomic E-state index is 13.4. The number of hydrogen-bond acceptors (Lipinski definition) is 5. The van der Waals surface area contributed by atoms with E-state index in [0.717, 1.165) is 16.1 Å². The minimum atomic E-state index is -3.98. The number of nitrogens with one attached hydrogen (secondary N) is 1. The van der Waals surface area contributed by atoms with Gasteiger partial charge in [0, 0.05) is 6.26 Å². The predicted molar refractivity (Wildman–Crippen MR) is 128 cm³/mol. The third-order valence-corrected chi connectivity index (χ3v) is 8.01. The molecule has 1 atom stereocenters. The minimum Gasteiger partial charge on any atom is -0.348 e. The highest BCUT2D eigenvalue weighted by molar-refractivity contribution is 7.93. The molecule has 1 N–H and O–H groups in total. The van der Waals surface area contributed by atoms with Gasteiger partial charge >= 0.3 is 0 Å². The zero-order valence-electron chi connectivity index (χ0n) is 18.6. The Hall–Kier alpha value is -3.17. The molecule has 0 radical (unpaired) electrons. The Balaban J connectivity index is 1.85. The van der Waals surface area contributed by atoms with Crippen LogP contribution in [-0.2, 0) is 24.7 Å². The first-order valence-electron chi connectivity index (χ1n) is 10.2. The fourth-order valence-electron chi connectivity index (χ4n) is 3.32. The molecule has 9 heteroatoms. The van der Waals surface area contributed by atoms with Crippen molar-refractivity contribution in [2.45, 2.75) is 29.7 Å². The zero-order chi connectivity index (χ0) is 24.2. The van der Waals surface area contributed by atoms with Crippen molar-refractivity contribution in [1.29, 1.82) is 0 Å². The molecule has 0 fully saturated rings. The van der Waals surface area contributed by atoms with E-state index in [1.54, 1.807) is 55.5 Å². The van der Waals surface area contributed by atoms with Crippen molar-refractivity contribution < 1.29 is 21.6 Å². The summed E-state index contributed by atoms with van der Waals surface area (Å²) in [5.41, 5.74) is 1.95. The summed E-state index contributed by atoms with van der Waals surface area (Å²) in [5, 5.41) is 2.80. The van der Waals surface area contributed by atoms with E-state index in [-0.39, 0.29) is 9.79 Å². The molecular formula is C24H26N2O5S2. The van der Waals surface area contributed by atoms with E-state index < -0.39 is 38.4 Å². The first-order chi connectivity index (χ1) is 15.5. The van der Waals surface area contributed by atoms with E-state index in [0.29, 0.717) is 11.3 Å². The first kappa shape index (κ1) is 24.5. The van der Waals surface area contributed by atoms with Crippen LogP contribution in [0.2, 0.25) is 0 Å². The van der Waals surface area contributed by atoms with Crippen LogP contribution in [-0.4, -0.2) is 35.5 Å². The molecule has 0 aliphatic rings. The van der Waals surface area contributed by atoms with Gasteiger partial charge in [-0.1, -0.05) is 42.5 Å². The fourth-order valence-corrected chi connectivity index (χ4v) is 5.39. The summed E-state index contributed by atoms with van der Waals surface area (Å²) in [4.78, 5) is 13.2. The van der Waals surface area contributed by atoms with Gasteiger partial charge in [0.1, 0.15) is 6.54 Å². The van der Waals surface area contributed by atoms with Crippen LogP contribution in [0.15, 0.2) is 88.7 Å². The molecule has 174 valence electrons. The van der Waals surface area contributed by atoms with Crippen molar-refractivity contribution in [1.82, 2.24) is 5.32 Å². The standard InChI is InChI=1S/C24H26N2O5S2/c1-18-8-7-9-21(16-18)26(33(30,31)23-10-5-4-6-11-23)17-24(27)25-19(2)20-12-14-22(15-13-20)32(3,28)29/h4-16,19H,17H2,1-3H3,(H,25,27)/t19-/m1/s1. The third kappa shape index (κ3) is 6.00. The molecule has 0 heterocycles. The second-order valence-electron chi connectivity index (χ2n) is 7.79. The highest BCUT2D eigenvalue weighted by atomic mass is 32.2. The van der Waals surface area contributed by atoms with Gasteiger partial charge in [0.05, 0.1) is 21.5 Å². The number of anilines is 1. The Bertz CT molecular complexity index is 1340. The Morgan fingerprint density at radius 3 is 2.09 bits per heavy atom. The highest BCUT2D eigenvalue weighted by Gasteiger charge is 2.27. The second kappa shape index (κ2) is 9.76. The van der Waals surface area contributed by atoms with Gasteiger partial charge in [0.15, 0.2) is 9.84 Å². The molecule has 3 aromatic carbocycles. The van der Waals surface area contributed by atoms with Crippen molar-refractivity contribution in [3.63, 3.8) is 0 Å². The number of sulfonamides is 1. The molecule has 7 nitrogen and oxygen atoms in total. The normalized spacial score (nSPS) is 12.7. The van der Waals surface area contributed by atoms with Crippen LogP contribution in [0.3, 0.4) is 0 Å². The Morgan fingerprint density at radius 1 is 0.879 bits per heavy atom. The molecule has 0 spiro atoms. The largest absolute Gasteiger partial charge is 0.348 e. The Morgan fingerprint density at radius 2 is 1.52 bits per heavy atom. The van der Waals surface area contributed by atoms with Crippen molar-refractivity contribution >= 4 is 31.5 Å². The number of carbonyl (C=O) groups is 1. The number of benzene rings is 3. The van der Waals surface area contributed by atoms with Gasteiger partial charge in [0.2, 0.25) is 5.91 Å². The summed E-state index contributed by atoms with van der Waals surface area (Å²) in [5.74, 6) is -0.490. The van der Waals surface area contributed by atoms with E-state index in [1.165, 1.54) is 24.3 Å². The van der Waals surface area contributed by atoms with Crippen LogP contribution in [0.5, 0.6) is 0 Å². The molecule has 3 aromatic rings. The number of nitrogens with zero attached hydrogens (tertiary/aromatic N) is 1. The summed E-state index contributed by atoms with van der Waals surface area (Å²) >= 11 is 0. The monoisotopic (exact) mass is 486 g/mol. The summed E-state index contributed by atoms with van der Waals surface area (Å²) in [6.45, 7) is 3.18. The first-order valence-corrected chi connectivity index (χ1v) is 13.6. The topological polar surface area (TPSA) is 101 Å². The van der Waals surface area contributed by atoms with E-state index >= 15 is 0 Å². The van der Waals surface area contributed by atoms with Gasteiger partial charge in [-0.2, -0.15) is 0 Å². The summed E-state index contributed by atoms with van der Waals surface area (Å²) < 4.78 is 51.1. The van der Waals surface area contributed by atoms with Crippen LogP contribution in [0, 0.1) is 6.92 Å². The van der Waals surface area contributed by atoms with Crippen molar-refractivity contribution in [3.05, 3.63) is 90.0 Å². The maximum Gasteiger partial charge on any atom is 0.264 e. The maximum atomic E-state index is 13.4. The lowest BCUT2D eigenvalue weighted by molar-refractivity contribution is -0.120. The number of amides is 1. The number of sulfone groups is 1. The molecule has 3 rings (SSSR count). The summed E-state index contributed by atoms with van der Waals surface area (Å²) in [6, 6.07) is 20.6. The number of hydrogen-bond donors (Lipinski definition) is 1. The van der Waals surface area contributed by atoms with Gasteiger partial charge in [-0.25, -0.2) is 16.8 Å². The molecule has 0 unspecified atom stereocenters. The molecule has 0 aliphatic heterocycles. The number of aryl methyl sites for hydroxylation is 1. The van der Waals surface area contributed by atoms with Crippen LogP contribution in [0.4, 0.5) is 5.69 Å². The number of rotatable bonds is 8. The Labute approximate surface area is 195 Å². The summed E-state index contributed by atoms with van der Waals surface area (Å²) in [6.07, 6.45) is 1.13. The average Bonchev–Trinajstić information content (AvgIpc) is 2.77. The molecule has 0 saturated heterocycles. The molecule has 0 saturated carbocycles. The minimum absolute atomic E-state index is 0.0868. The molecular weight excluding hydrogens is 460 g/mol. The molecule has 33 heavy (non-hydrogen) atoms. The SMILES string of the molecule is Cc1cccc(N(CC(=O)N[C@H](C)c2ccc(S(C)(=O)=O)cc2)S(=O)(=O)c2ccccc2)c1. The molecule has 0 bridgehead atoms. The number of carbonyl (C=O) groups excluding carboxylic acids is 1. The summed E-state index contributed by atoms with van der Waals surface area (Å²) in [7, 11) is -7.30. The van der Waals surface area contributed by atoms with Crippen LogP contribution in [0.25, 0.3) is 0 Å². The van der Waals surface area contributed by atoms with Crippen LogP contribution < -0.4 is 9.62 Å². The van der Waals surface area contributed by atoms with Crippen LogP contribution in [0.1, 0.15) is 24.1 Å².